The van der Waals surface area contributed by atoms with E-state index in [4.69, 9.17) is 9.47 Å². The fraction of sp³-hybridized carbons (Fsp3) is 0.389. The van der Waals surface area contributed by atoms with Crippen LogP contribution in [0, 0.1) is 59.2 Å². The quantitative estimate of drug-likeness (QED) is 0.310. The van der Waals surface area contributed by atoms with Gasteiger partial charge in [-0.3, -0.25) is 0 Å². The molecule has 0 radical (unpaired) electrons. The molecule has 24 heavy (non-hydrogen) atoms. The molecule has 1 rings (SSSR count). The predicted octanol–water partition coefficient (Wildman–Crippen LogP) is -1.95. The van der Waals surface area contributed by atoms with E-state index >= 15 is 0 Å². The average molecular weight is 326 g/mol. The first-order valence-corrected chi connectivity index (χ1v) is 6.81. The highest BCUT2D eigenvalue weighted by molar-refractivity contribution is 5.89. The molecule has 1 aliphatic heterocycles. The van der Waals surface area contributed by atoms with E-state index in [0.717, 1.165) is 0 Å². The molecule has 0 aromatic carbocycles. The Morgan fingerprint density at radius 1 is 1.00 bits per heavy atom. The Balaban J connectivity index is 2.40. The van der Waals surface area contributed by atoms with Crippen molar-refractivity contribution < 1.29 is 29.6 Å². The highest BCUT2D eigenvalue weighted by atomic mass is 16.6. The van der Waals surface area contributed by atoms with Crippen molar-refractivity contribution in [2.75, 3.05) is 13.2 Å². The van der Waals surface area contributed by atoms with E-state index in [1.807, 2.05) is 0 Å². The van der Waals surface area contributed by atoms with Gasteiger partial charge in [-0.1, -0.05) is 5.92 Å². The van der Waals surface area contributed by atoms with Crippen molar-refractivity contribution in [3.05, 3.63) is 0 Å². The van der Waals surface area contributed by atoms with Crippen molar-refractivity contribution in [2.45, 2.75) is 31.3 Å². The lowest BCUT2D eigenvalue weighted by Crippen LogP contribution is -2.54. The molecule has 0 spiro atoms. The summed E-state index contributed by atoms with van der Waals surface area (Å²) >= 11 is 0. The molecule has 1 heterocycles. The van der Waals surface area contributed by atoms with Crippen LogP contribution in [0.25, 0.3) is 0 Å². The number of carbonyl (C=O) groups excluding carboxylic acids is 1. The van der Waals surface area contributed by atoms with Crippen LogP contribution >= 0.6 is 0 Å². The topological polar surface area (TPSA) is 96.2 Å². The molecule has 6 nitrogen and oxygen atoms in total. The molecule has 4 atom stereocenters. The molecular formula is C18H14O6. The van der Waals surface area contributed by atoms with Gasteiger partial charge in [0, 0.05) is 5.92 Å². The lowest BCUT2D eigenvalue weighted by atomic mass is 10.0. The van der Waals surface area contributed by atoms with Crippen molar-refractivity contribution in [1.82, 2.24) is 0 Å². The third kappa shape index (κ3) is 6.91. The molecule has 0 aromatic heterocycles. The highest BCUT2D eigenvalue weighted by Crippen LogP contribution is 2.15. The molecule has 0 aliphatic carbocycles. The van der Waals surface area contributed by atoms with Crippen LogP contribution < -0.4 is 0 Å². The van der Waals surface area contributed by atoms with Gasteiger partial charge in [-0.15, -0.1) is 0 Å². The summed E-state index contributed by atoms with van der Waals surface area (Å²) in [6.07, 6.45) is -4.83. The van der Waals surface area contributed by atoms with Crippen LogP contribution in [0.3, 0.4) is 0 Å². The van der Waals surface area contributed by atoms with Crippen LogP contribution in [-0.4, -0.2) is 58.9 Å². The third-order valence-electron chi connectivity index (χ3n) is 2.71. The fourth-order valence-corrected chi connectivity index (χ4v) is 1.54. The summed E-state index contributed by atoms with van der Waals surface area (Å²) in [4.78, 5) is 11.4. The molecule has 1 fully saturated rings. The van der Waals surface area contributed by atoms with Crippen molar-refractivity contribution >= 4 is 5.97 Å². The van der Waals surface area contributed by atoms with E-state index in [1.165, 1.54) is 0 Å². The largest absolute Gasteiger partial charge is 0.453 e. The standard InChI is InChI=1S/C18H14O6/c1-2-3-4-5-6-7-8-9-10-11-16(20)24-13-15-18(22)17(21)14(19)12-23-15/h14-15,17-19,21-22H,12-13H2,1H3. The van der Waals surface area contributed by atoms with E-state index in [9.17, 15) is 20.1 Å². The summed E-state index contributed by atoms with van der Waals surface area (Å²) in [6, 6.07) is 0. The van der Waals surface area contributed by atoms with Gasteiger partial charge in [-0.2, -0.15) is 0 Å². The smallest absolute Gasteiger partial charge is 0.385 e. The van der Waals surface area contributed by atoms with Crippen LogP contribution in [0.4, 0.5) is 0 Å². The maximum atomic E-state index is 11.4. The Morgan fingerprint density at radius 3 is 2.21 bits per heavy atom. The molecule has 122 valence electrons. The number of hydrogen-bond acceptors (Lipinski definition) is 6. The highest BCUT2D eigenvalue weighted by Gasteiger charge is 2.37. The second-order valence-corrected chi connectivity index (χ2v) is 4.39. The summed E-state index contributed by atoms with van der Waals surface area (Å²) in [7, 11) is 0. The normalized spacial score (nSPS) is 23.8. The van der Waals surface area contributed by atoms with E-state index < -0.39 is 30.4 Å². The lowest BCUT2D eigenvalue weighted by molar-refractivity contribution is -0.199. The van der Waals surface area contributed by atoms with Gasteiger partial charge in [0.25, 0.3) is 0 Å². The van der Waals surface area contributed by atoms with Crippen LogP contribution in [0.15, 0.2) is 0 Å². The van der Waals surface area contributed by atoms with Crippen molar-refractivity contribution in [3.63, 3.8) is 0 Å². The lowest BCUT2D eigenvalue weighted by Gasteiger charge is -2.34. The average Bonchev–Trinajstić information content (AvgIpc) is 2.57. The van der Waals surface area contributed by atoms with Gasteiger partial charge >= 0.3 is 5.97 Å². The maximum Gasteiger partial charge on any atom is 0.385 e. The number of rotatable bonds is 2. The number of aliphatic hydroxyl groups excluding tert-OH is 3. The zero-order valence-electron chi connectivity index (χ0n) is 12.8. The van der Waals surface area contributed by atoms with Crippen LogP contribution in [0.5, 0.6) is 0 Å². The summed E-state index contributed by atoms with van der Waals surface area (Å²) < 4.78 is 9.84. The molecule has 1 saturated heterocycles. The second-order valence-electron chi connectivity index (χ2n) is 4.39. The number of aliphatic hydroxyl groups is 3. The van der Waals surface area contributed by atoms with Gasteiger partial charge in [0.05, 0.1) is 6.61 Å². The minimum Gasteiger partial charge on any atom is -0.453 e. The number of carbonyl (C=O) groups is 1. The van der Waals surface area contributed by atoms with E-state index in [2.05, 4.69) is 59.2 Å². The maximum absolute atomic E-state index is 11.4. The van der Waals surface area contributed by atoms with Crippen LogP contribution in [0.1, 0.15) is 6.92 Å². The van der Waals surface area contributed by atoms with Gasteiger partial charge in [0.2, 0.25) is 0 Å². The number of hydrogen-bond donors (Lipinski definition) is 3. The van der Waals surface area contributed by atoms with E-state index in [1.54, 1.807) is 6.92 Å². The molecule has 0 saturated carbocycles. The predicted molar refractivity (Wildman–Crippen MR) is 83.3 cm³/mol. The molecular weight excluding hydrogens is 312 g/mol. The number of ether oxygens (including phenoxy) is 2. The molecule has 0 bridgehead atoms. The van der Waals surface area contributed by atoms with E-state index in [-0.39, 0.29) is 13.2 Å². The first-order valence-electron chi connectivity index (χ1n) is 6.81. The first-order chi connectivity index (χ1) is 11.6. The minimum absolute atomic E-state index is 0.164. The molecule has 0 aromatic rings. The Labute approximate surface area is 140 Å². The Hall–Kier alpha value is -2.89. The number of esters is 1. The Morgan fingerprint density at radius 2 is 1.58 bits per heavy atom. The third-order valence-corrected chi connectivity index (χ3v) is 2.71. The summed E-state index contributed by atoms with van der Waals surface area (Å²) in [6.45, 7) is 1.19. The van der Waals surface area contributed by atoms with Gasteiger partial charge in [-0.25, -0.2) is 4.79 Å². The van der Waals surface area contributed by atoms with Crippen molar-refractivity contribution in [3.8, 4) is 59.2 Å². The van der Waals surface area contributed by atoms with Crippen LogP contribution in [0.2, 0.25) is 0 Å². The Bertz CT molecular complexity index is 757. The first kappa shape index (κ1) is 19.2. The molecule has 0 amide bonds. The zero-order valence-corrected chi connectivity index (χ0v) is 12.8. The minimum atomic E-state index is -1.36. The summed E-state index contributed by atoms with van der Waals surface area (Å²) in [5.74, 6) is 23.0. The van der Waals surface area contributed by atoms with Crippen molar-refractivity contribution in [1.29, 1.82) is 0 Å². The summed E-state index contributed by atoms with van der Waals surface area (Å²) in [5, 5.41) is 28.4. The monoisotopic (exact) mass is 326 g/mol. The zero-order chi connectivity index (χ0) is 17.8. The van der Waals surface area contributed by atoms with Gasteiger partial charge in [-0.05, 0) is 54.3 Å². The van der Waals surface area contributed by atoms with Gasteiger partial charge < -0.3 is 24.8 Å². The Kier molecular flexibility index (Phi) is 8.60. The SMILES string of the molecule is CC#CC#CC#CC#CC#CC(=O)OCC1OCC(O)C(O)C1O. The molecule has 4 unspecified atom stereocenters. The molecule has 3 N–H and O–H groups in total. The van der Waals surface area contributed by atoms with Gasteiger partial charge in [0.1, 0.15) is 31.0 Å². The second kappa shape index (κ2) is 10.8. The van der Waals surface area contributed by atoms with E-state index in [0.29, 0.717) is 0 Å². The molecule has 6 heteroatoms. The summed E-state index contributed by atoms with van der Waals surface area (Å²) in [5.41, 5.74) is 0. The molecule has 1 aliphatic rings. The van der Waals surface area contributed by atoms with Gasteiger partial charge in [0.15, 0.2) is 0 Å². The van der Waals surface area contributed by atoms with Crippen molar-refractivity contribution in [2.24, 2.45) is 0 Å². The van der Waals surface area contributed by atoms with Crippen LogP contribution in [-0.2, 0) is 14.3 Å². The fourth-order valence-electron chi connectivity index (χ4n) is 1.54.